The third-order valence-electron chi connectivity index (χ3n) is 8.76. The minimum absolute atomic E-state index is 0.0513. The van der Waals surface area contributed by atoms with Crippen LogP contribution in [0.3, 0.4) is 0 Å². The number of rotatable bonds is 6. The van der Waals surface area contributed by atoms with E-state index in [2.05, 4.69) is 15.9 Å². The van der Waals surface area contributed by atoms with Crippen molar-refractivity contribution in [3.05, 3.63) is 74.3 Å². The highest BCUT2D eigenvalue weighted by molar-refractivity contribution is 9.10. The maximum atomic E-state index is 13.8. The number of alkyl halides is 6. The minimum atomic E-state index is -5.15. The number of carbonyl (C=O) groups is 2. The van der Waals surface area contributed by atoms with Crippen LogP contribution >= 0.6 is 15.9 Å². The molecule has 2 aliphatic heterocycles. The number of carbonyl (C=O) groups excluding carboxylic acids is 2. The Hall–Kier alpha value is -3.10. The normalized spacial score (nSPS) is 24.4. The number of phenolic OH excluding ortho intramolecular Hbond substituents is 1. The Kier molecular flexibility index (Phi) is 9.06. The number of nitrogens with zero attached hydrogens (tertiary/aromatic N) is 1. The fraction of sp³-hybridized carbons (Fsp3) is 0.419. The number of benzene rings is 2. The summed E-state index contributed by atoms with van der Waals surface area (Å²) in [5, 5.41) is 20.9. The van der Waals surface area contributed by atoms with Crippen molar-refractivity contribution in [2.75, 3.05) is 4.90 Å². The highest BCUT2D eigenvalue weighted by Crippen LogP contribution is 2.52. The lowest BCUT2D eigenvalue weighted by Crippen LogP contribution is -2.46. The van der Waals surface area contributed by atoms with E-state index in [-0.39, 0.29) is 24.6 Å². The monoisotopic (exact) mass is 699 g/mol. The number of phenols is 1. The molecule has 1 aliphatic carbocycles. The van der Waals surface area contributed by atoms with Gasteiger partial charge in [-0.3, -0.25) is 9.59 Å². The zero-order valence-corrected chi connectivity index (χ0v) is 25.8. The second-order valence-electron chi connectivity index (χ2n) is 11.7. The van der Waals surface area contributed by atoms with Gasteiger partial charge in [0, 0.05) is 10.0 Å². The largest absolute Gasteiger partial charge is 0.507 e. The molecule has 45 heavy (non-hydrogen) atoms. The van der Waals surface area contributed by atoms with Crippen LogP contribution in [0.1, 0.15) is 56.2 Å². The first-order valence-electron chi connectivity index (χ1n) is 14.4. The molecule has 0 spiro atoms. The van der Waals surface area contributed by atoms with Crippen LogP contribution in [0.4, 0.5) is 32.0 Å². The predicted molar refractivity (Wildman–Crippen MR) is 158 cm³/mol. The summed E-state index contributed by atoms with van der Waals surface area (Å²) in [6.45, 7) is 3.72. The van der Waals surface area contributed by atoms with Gasteiger partial charge in [0.1, 0.15) is 5.75 Å². The molecule has 240 valence electrons. The summed E-state index contributed by atoms with van der Waals surface area (Å²) >= 11 is 3.37. The summed E-state index contributed by atoms with van der Waals surface area (Å²) in [5.74, 6) is -4.45. The van der Waals surface area contributed by atoms with Crippen LogP contribution in [0.2, 0.25) is 6.32 Å². The van der Waals surface area contributed by atoms with Crippen molar-refractivity contribution in [1.82, 2.24) is 0 Å². The van der Waals surface area contributed by atoms with Crippen molar-refractivity contribution in [2.24, 2.45) is 17.8 Å². The number of imide groups is 1. The molecule has 14 heteroatoms. The maximum absolute atomic E-state index is 13.8. The number of halogens is 7. The number of anilines is 1. The van der Waals surface area contributed by atoms with Crippen LogP contribution in [0.5, 0.6) is 5.75 Å². The zero-order chi connectivity index (χ0) is 33.0. The third kappa shape index (κ3) is 6.59. The van der Waals surface area contributed by atoms with Crippen LogP contribution in [-0.4, -0.2) is 35.2 Å². The minimum Gasteiger partial charge on any atom is -0.507 e. The van der Waals surface area contributed by atoms with Gasteiger partial charge in [-0.1, -0.05) is 40.1 Å². The zero-order valence-electron chi connectivity index (χ0n) is 24.2. The van der Waals surface area contributed by atoms with Crippen LogP contribution in [0.25, 0.3) is 6.08 Å². The van der Waals surface area contributed by atoms with E-state index >= 15 is 0 Å². The van der Waals surface area contributed by atoms with Gasteiger partial charge >= 0.3 is 19.5 Å². The van der Waals surface area contributed by atoms with E-state index in [0.717, 1.165) is 21.2 Å². The third-order valence-corrected chi connectivity index (χ3v) is 9.25. The summed E-state index contributed by atoms with van der Waals surface area (Å²) in [7, 11) is -1.30. The number of allylic oxidation sites excluding steroid dienone is 2. The summed E-state index contributed by atoms with van der Waals surface area (Å²) < 4.78 is 88.2. The molecule has 0 bridgehead atoms. The maximum Gasteiger partial charge on any atom is 0.455 e. The Bertz CT molecular complexity index is 1560. The standard InChI is InChI=1S/C31H29BBrF6NO5/c1-3-16-10-22-27(29(43)40(28(22)42)21-12-18(30(34,35)36)11-19(13-21)31(37,38)39)23-14-32(44)45-25(26(16)23)7-4-15(2)8-17-9-20(33)5-6-24(17)41/h5-6,8-9,11-13,22-23,25,27,41,44H,3-4,7,10,14H2,1-2H3/b15-8+/t22-,23+,25-,27-/m1/s1. The van der Waals surface area contributed by atoms with Crippen molar-refractivity contribution >= 4 is 46.6 Å². The average molecular weight is 700 g/mol. The molecule has 5 rings (SSSR count). The smallest absolute Gasteiger partial charge is 0.455 e. The molecule has 0 aromatic heterocycles. The predicted octanol–water partition coefficient (Wildman–Crippen LogP) is 7.79. The quantitative estimate of drug-likeness (QED) is 0.139. The number of aromatic hydroxyl groups is 1. The average Bonchev–Trinajstić information content (AvgIpc) is 3.21. The SMILES string of the molecule is CCC1=C2[C@@H](CC/C(C)=C/c3cc(Br)ccc3O)OB(O)C[C@@H]2[C@@H]2C(=O)N(c3cc(C(F)(F)F)cc(C(F)(F)F)c3)C(=O)[C@@H]2C1. The molecule has 0 radical (unpaired) electrons. The molecule has 0 saturated carbocycles. The van der Waals surface area contributed by atoms with Gasteiger partial charge in [-0.15, -0.1) is 0 Å². The van der Waals surface area contributed by atoms with E-state index in [1.165, 1.54) is 0 Å². The first kappa shape index (κ1) is 33.3. The Balaban J connectivity index is 1.46. The summed E-state index contributed by atoms with van der Waals surface area (Å²) in [6, 6.07) is 5.73. The molecule has 6 nitrogen and oxygen atoms in total. The van der Waals surface area contributed by atoms with Gasteiger partial charge in [-0.2, -0.15) is 26.3 Å². The highest BCUT2D eigenvalue weighted by Gasteiger charge is 2.57. The molecule has 2 aromatic rings. The molecule has 2 N–H and O–H groups in total. The summed E-state index contributed by atoms with van der Waals surface area (Å²) in [4.78, 5) is 27.9. The summed E-state index contributed by atoms with van der Waals surface area (Å²) in [5.41, 5.74) is -1.01. The lowest BCUT2D eigenvalue weighted by atomic mass is 9.58. The van der Waals surface area contributed by atoms with Crippen molar-refractivity contribution < 1.29 is 50.7 Å². The van der Waals surface area contributed by atoms with Gasteiger partial charge in [0.15, 0.2) is 0 Å². The fourth-order valence-corrected chi connectivity index (χ4v) is 7.14. The van der Waals surface area contributed by atoms with Gasteiger partial charge < -0.3 is 14.8 Å². The molecule has 3 aliphatic rings. The molecule has 2 heterocycles. The molecule has 0 unspecified atom stereocenters. The van der Waals surface area contributed by atoms with Crippen molar-refractivity contribution in [2.45, 2.75) is 64.3 Å². The van der Waals surface area contributed by atoms with E-state index in [1.807, 2.05) is 19.9 Å². The van der Waals surface area contributed by atoms with E-state index < -0.39 is 72.0 Å². The van der Waals surface area contributed by atoms with E-state index in [1.54, 1.807) is 18.2 Å². The van der Waals surface area contributed by atoms with E-state index in [4.69, 9.17) is 4.65 Å². The topological polar surface area (TPSA) is 87.1 Å². The Morgan fingerprint density at radius 2 is 1.69 bits per heavy atom. The van der Waals surface area contributed by atoms with Crippen molar-refractivity contribution in [3.8, 4) is 5.75 Å². The Morgan fingerprint density at radius 1 is 1.04 bits per heavy atom. The first-order chi connectivity index (χ1) is 21.0. The van der Waals surface area contributed by atoms with Gasteiger partial charge in [-0.05, 0) is 86.8 Å². The van der Waals surface area contributed by atoms with Gasteiger partial charge in [-0.25, -0.2) is 4.90 Å². The molecule has 2 amide bonds. The molecule has 4 atom stereocenters. The second kappa shape index (κ2) is 12.3. The number of amides is 2. The van der Waals surface area contributed by atoms with Gasteiger partial charge in [0.2, 0.25) is 11.8 Å². The molecule has 2 aromatic carbocycles. The van der Waals surface area contributed by atoms with Gasteiger partial charge in [0.25, 0.3) is 0 Å². The fourth-order valence-electron chi connectivity index (χ4n) is 6.76. The van der Waals surface area contributed by atoms with Crippen LogP contribution in [-0.2, 0) is 26.6 Å². The van der Waals surface area contributed by atoms with E-state index in [9.17, 15) is 46.1 Å². The molecule has 2 saturated heterocycles. The molecule has 2 fully saturated rings. The van der Waals surface area contributed by atoms with E-state index in [0.29, 0.717) is 41.9 Å². The summed E-state index contributed by atoms with van der Waals surface area (Å²) in [6.07, 6.45) is -7.77. The number of fused-ring (bicyclic) bond motifs is 3. The second-order valence-corrected chi connectivity index (χ2v) is 12.6. The lowest BCUT2D eigenvalue weighted by molar-refractivity contribution is -0.143. The molecular formula is C31H29BBrF6NO5. The molecular weight excluding hydrogens is 671 g/mol. The van der Waals surface area contributed by atoms with Crippen LogP contribution < -0.4 is 4.90 Å². The van der Waals surface area contributed by atoms with Crippen molar-refractivity contribution in [1.29, 1.82) is 0 Å². The number of hydrogen-bond acceptors (Lipinski definition) is 5. The first-order valence-corrected chi connectivity index (χ1v) is 15.2. The van der Waals surface area contributed by atoms with Gasteiger partial charge in [0.05, 0.1) is 34.8 Å². The van der Waals surface area contributed by atoms with Crippen LogP contribution in [0.15, 0.2) is 57.6 Å². The Labute approximate surface area is 264 Å². The Morgan fingerprint density at radius 3 is 2.29 bits per heavy atom. The van der Waals surface area contributed by atoms with Crippen molar-refractivity contribution in [3.63, 3.8) is 0 Å². The lowest BCUT2D eigenvalue weighted by Gasteiger charge is -2.43. The number of hydrogen-bond donors (Lipinski definition) is 2. The van der Waals surface area contributed by atoms with Crippen LogP contribution in [0, 0.1) is 17.8 Å². The highest BCUT2D eigenvalue weighted by atomic mass is 79.9.